The van der Waals surface area contributed by atoms with Gasteiger partial charge < -0.3 is 73.2 Å². The molecule has 0 spiro atoms. The summed E-state index contributed by atoms with van der Waals surface area (Å²) in [6.07, 6.45) is 34.5. The summed E-state index contributed by atoms with van der Waals surface area (Å²) in [7, 11) is 0. The number of hydrogen-bond acceptors (Lipinski definition) is 16. The van der Waals surface area contributed by atoms with Crippen molar-refractivity contribution in [3.63, 3.8) is 0 Å². The number of rotatable bonds is 56. The lowest BCUT2D eigenvalue weighted by molar-refractivity contribution is 0.305. The minimum absolute atomic E-state index is 0.519. The zero-order valence-electron chi connectivity index (χ0n) is 80.1. The van der Waals surface area contributed by atoms with Crippen molar-refractivity contribution < 1.29 is 73.2 Å². The molecular weight excluding hydrogens is 1670 g/mol. The summed E-state index contributed by atoms with van der Waals surface area (Å²) in [4.78, 5) is 0. The normalized spacial score (nSPS) is 11.9. The van der Waals surface area contributed by atoms with E-state index >= 15 is 0 Å². The number of hydrogen-bond donors (Lipinski definition) is 0. The smallest absolute Gasteiger partial charge is 0.139 e. The van der Waals surface area contributed by atoms with Gasteiger partial charge in [-0.2, -0.15) is 0 Å². The Labute approximate surface area is 788 Å². The molecular formula is C118H134O16. The van der Waals surface area contributed by atoms with Gasteiger partial charge in [0.2, 0.25) is 0 Å². The van der Waals surface area contributed by atoms with Gasteiger partial charge in [-0.25, -0.2) is 0 Å². The molecule has 0 aliphatic rings. The van der Waals surface area contributed by atoms with E-state index in [1.54, 1.807) is 0 Å². The van der Waals surface area contributed by atoms with Crippen LogP contribution in [0.1, 0.15) is 261 Å². The first-order valence-corrected chi connectivity index (χ1v) is 50.7. The molecule has 0 N–H and O–H groups in total. The predicted octanol–water partition coefficient (Wildman–Crippen LogP) is 36.7. The average molecular weight is 1810 g/mol. The summed E-state index contributed by atoms with van der Waals surface area (Å²) in [6, 6.07) is 62.1. The first-order valence-electron chi connectivity index (χ1n) is 50.7. The Balaban J connectivity index is 0.869. The van der Waals surface area contributed by atoms with Crippen molar-refractivity contribution in [3.8, 4) is 137 Å². The molecule has 0 saturated heterocycles. The molecule has 0 radical (unpaired) electrons. The van der Waals surface area contributed by atoms with Crippen molar-refractivity contribution in [2.45, 2.75) is 261 Å². The number of benzene rings is 9. The molecule has 16 nitrogen and oxygen atoms in total. The summed E-state index contributed by atoms with van der Waals surface area (Å²) in [5.74, 6) is 10.8. The molecule has 0 aliphatic heterocycles. The molecule has 8 aromatic heterocycles. The molecule has 17 rings (SSSR count). The van der Waals surface area contributed by atoms with Crippen molar-refractivity contribution in [1.29, 1.82) is 0 Å². The van der Waals surface area contributed by atoms with Gasteiger partial charge in [-0.05, 0) is 233 Å². The van der Waals surface area contributed by atoms with E-state index in [4.69, 9.17) is 73.2 Å². The van der Waals surface area contributed by atoms with Crippen molar-refractivity contribution in [2.75, 3.05) is 52.9 Å². The lowest BCUT2D eigenvalue weighted by atomic mass is 9.92. The van der Waals surface area contributed by atoms with E-state index in [9.17, 15) is 0 Å². The first kappa shape index (κ1) is 93.5. The molecule has 0 unspecified atom stereocenters. The lowest BCUT2D eigenvalue weighted by Gasteiger charge is -2.12. The highest BCUT2D eigenvalue weighted by molar-refractivity contribution is 6.02. The summed E-state index contributed by atoms with van der Waals surface area (Å²) >= 11 is 0. The van der Waals surface area contributed by atoms with Crippen molar-refractivity contribution in [1.82, 2.24) is 0 Å². The molecule has 702 valence electrons. The summed E-state index contributed by atoms with van der Waals surface area (Å²) in [5, 5.41) is 7.02. The fraction of sp³-hybridized carbons (Fsp3) is 0.407. The minimum atomic E-state index is 0.519. The molecule has 0 saturated carbocycles. The summed E-state index contributed by atoms with van der Waals surface area (Å²) in [6.45, 7) is 22.5. The zero-order valence-corrected chi connectivity index (χ0v) is 80.1. The molecule has 0 atom stereocenters. The second-order valence-corrected chi connectivity index (χ2v) is 36.4. The van der Waals surface area contributed by atoms with E-state index in [-0.39, 0.29) is 0 Å². The maximum absolute atomic E-state index is 7.49. The van der Waals surface area contributed by atoms with Gasteiger partial charge >= 0.3 is 0 Å². The largest absolute Gasteiger partial charge is 0.494 e. The van der Waals surface area contributed by atoms with Crippen LogP contribution < -0.4 is 37.9 Å². The standard InChI is InChI=1S/C118H134O16/c1-9-17-25-33-49-119-87-41-45-99-79(57-87)65-115(127-99)95-75-103-83(61-107(95)123-53-37-29-21-13-5)69-111(131-103)91-73-93(113-71-85-63-109(125-55-39-31-23-15-7)97(77-105(85)133-113)117-67-81-59-89(43-47-101(81)129-117)121-51-35-27-19-11-3)94(114-72-86-64-110(126-56-40-32-24-16-8)98(78-106(86)134-114)118-68-82-60-90(44-48-102(82)130-118)122-52-36-28-20-12-4)74-92(91)112-70-84-62-108(124-54-38-30-22-14-6)96(76-104(84)132-112)116-66-80-58-88(42-46-100(80)128-116)120-50-34-26-18-10-2/h41-48,57-78H,9-40,49-56H2,1-8H3. The molecule has 0 bridgehead atoms. The maximum Gasteiger partial charge on any atom is 0.139 e. The average Bonchev–Trinajstić information content (AvgIpc) is 1.58. The van der Waals surface area contributed by atoms with Gasteiger partial charge in [0.1, 0.15) is 137 Å². The highest BCUT2D eigenvalue weighted by Crippen LogP contribution is 2.52. The molecule has 0 aliphatic carbocycles. The third-order valence-corrected chi connectivity index (χ3v) is 25.8. The fourth-order valence-corrected chi connectivity index (χ4v) is 18.2. The van der Waals surface area contributed by atoms with Gasteiger partial charge in [0.05, 0.1) is 75.1 Å². The summed E-state index contributed by atoms with van der Waals surface area (Å²) in [5.41, 5.74) is 11.3. The molecule has 0 fully saturated rings. The first-order chi connectivity index (χ1) is 66.0. The van der Waals surface area contributed by atoms with E-state index in [2.05, 4.69) is 189 Å². The predicted molar refractivity (Wildman–Crippen MR) is 545 cm³/mol. The van der Waals surface area contributed by atoms with Crippen molar-refractivity contribution >= 4 is 87.8 Å². The Hall–Kier alpha value is -12.3. The van der Waals surface area contributed by atoms with Gasteiger partial charge in [-0.3, -0.25) is 0 Å². The highest BCUT2D eigenvalue weighted by atomic mass is 16.5. The van der Waals surface area contributed by atoms with Crippen LogP contribution in [0, 0.1) is 0 Å². The van der Waals surface area contributed by atoms with Crippen LogP contribution >= 0.6 is 0 Å². The van der Waals surface area contributed by atoms with Crippen LogP contribution in [0.4, 0.5) is 0 Å². The Morgan fingerprint density at radius 1 is 0.149 bits per heavy atom. The molecule has 8 heterocycles. The second kappa shape index (κ2) is 46.1. The zero-order chi connectivity index (χ0) is 91.9. The van der Waals surface area contributed by atoms with Gasteiger partial charge in [0.15, 0.2) is 0 Å². The summed E-state index contributed by atoms with van der Waals surface area (Å²) < 4.78 is 110. The van der Waals surface area contributed by atoms with E-state index in [1.165, 1.54) is 25.7 Å². The molecule has 16 heteroatoms. The second-order valence-electron chi connectivity index (χ2n) is 36.4. The Kier molecular flexibility index (Phi) is 32.2. The number of fused-ring (bicyclic) bond motifs is 8. The Morgan fingerprint density at radius 2 is 0.321 bits per heavy atom. The van der Waals surface area contributed by atoms with Crippen LogP contribution in [0.2, 0.25) is 0 Å². The van der Waals surface area contributed by atoms with Gasteiger partial charge in [0, 0.05) is 65.3 Å². The Morgan fingerprint density at radius 3 is 0.515 bits per heavy atom. The fourth-order valence-electron chi connectivity index (χ4n) is 18.2. The third-order valence-electron chi connectivity index (χ3n) is 25.8. The highest BCUT2D eigenvalue weighted by Gasteiger charge is 2.29. The van der Waals surface area contributed by atoms with Crippen LogP contribution in [0.15, 0.2) is 217 Å². The minimum Gasteiger partial charge on any atom is -0.494 e. The molecule has 0 amide bonds. The molecule has 9 aromatic carbocycles. The lowest BCUT2D eigenvalue weighted by Crippen LogP contribution is -1.98. The number of ether oxygens (including phenoxy) is 8. The molecule has 17 aromatic rings. The monoisotopic (exact) mass is 1810 g/mol. The van der Waals surface area contributed by atoms with Crippen LogP contribution in [-0.2, 0) is 0 Å². The maximum atomic E-state index is 7.49. The Bertz CT molecular complexity index is 5900. The SMILES string of the molecule is CCCCCCOc1ccc2oc(-c3cc4oc(-c5cc(-c6cc7cc(OCCCCCC)c(-c8cc9cc(OCCCCCC)ccc9o8)cc7o6)c(-c6cc7cc(OCCCCCC)c(-c8cc9cc(OCCCCCC)ccc9o8)cc7o6)cc5-c5cc6cc(OCCCCCC)c(-c7cc8cc(OCCCCCC)ccc8o7)cc6o5)cc4cc3OCCCCCC)cc2c1. The quantitative estimate of drug-likeness (QED) is 0.0328. The van der Waals surface area contributed by atoms with Crippen molar-refractivity contribution in [2.24, 2.45) is 0 Å². The van der Waals surface area contributed by atoms with E-state index in [1.807, 2.05) is 48.5 Å². The van der Waals surface area contributed by atoms with Crippen molar-refractivity contribution in [3.05, 3.63) is 182 Å². The van der Waals surface area contributed by atoms with E-state index in [0.29, 0.717) is 167 Å². The van der Waals surface area contributed by atoms with E-state index in [0.717, 1.165) is 290 Å². The van der Waals surface area contributed by atoms with Crippen LogP contribution in [0.5, 0.6) is 46.0 Å². The van der Waals surface area contributed by atoms with Crippen LogP contribution in [0.25, 0.3) is 178 Å². The van der Waals surface area contributed by atoms with Crippen LogP contribution in [0.3, 0.4) is 0 Å². The molecule has 134 heavy (non-hydrogen) atoms. The number of unbranched alkanes of at least 4 members (excludes halogenated alkanes) is 24. The third kappa shape index (κ3) is 22.8. The van der Waals surface area contributed by atoms with Gasteiger partial charge in [-0.1, -0.05) is 209 Å². The van der Waals surface area contributed by atoms with Gasteiger partial charge in [0.25, 0.3) is 0 Å². The van der Waals surface area contributed by atoms with E-state index < -0.39 is 0 Å². The number of furan rings is 8. The van der Waals surface area contributed by atoms with Crippen LogP contribution in [-0.4, -0.2) is 52.9 Å². The van der Waals surface area contributed by atoms with Gasteiger partial charge in [-0.15, -0.1) is 0 Å². The topological polar surface area (TPSA) is 179 Å².